The minimum absolute atomic E-state index is 0.305. The van der Waals surface area contributed by atoms with E-state index in [-0.39, 0.29) is 0 Å². The molecule has 2 unspecified atom stereocenters. The summed E-state index contributed by atoms with van der Waals surface area (Å²) in [5.41, 5.74) is 10.7. The van der Waals surface area contributed by atoms with Crippen molar-refractivity contribution in [1.82, 2.24) is 4.90 Å². The van der Waals surface area contributed by atoms with Crippen LogP contribution in [-0.2, 0) is 0 Å². The molecule has 2 N–H and O–H groups in total. The van der Waals surface area contributed by atoms with Gasteiger partial charge in [0.15, 0.2) is 0 Å². The van der Waals surface area contributed by atoms with E-state index >= 15 is 0 Å². The molecule has 2 atom stereocenters. The summed E-state index contributed by atoms with van der Waals surface area (Å²) in [6.45, 7) is 5.68. The minimum Gasteiger partial charge on any atom is -0.326 e. The molecule has 18 heavy (non-hydrogen) atoms. The summed E-state index contributed by atoms with van der Waals surface area (Å²) in [6, 6.07) is 8.24. The van der Waals surface area contributed by atoms with E-state index in [4.69, 9.17) is 5.73 Å². The average Bonchev–Trinajstić information content (AvgIpc) is 3.17. The summed E-state index contributed by atoms with van der Waals surface area (Å²) in [7, 11) is 0. The van der Waals surface area contributed by atoms with Gasteiger partial charge in [0.1, 0.15) is 0 Å². The highest BCUT2D eigenvalue weighted by Crippen LogP contribution is 2.40. The zero-order chi connectivity index (χ0) is 12.7. The Balaban J connectivity index is 1.97. The second-order valence-corrected chi connectivity index (χ2v) is 6.01. The number of hydrogen-bond donors (Lipinski definition) is 1. The maximum atomic E-state index is 6.44. The Labute approximate surface area is 110 Å². The predicted molar refractivity (Wildman–Crippen MR) is 75.6 cm³/mol. The van der Waals surface area contributed by atoms with E-state index < -0.39 is 0 Å². The molecular formula is C16H24N2. The van der Waals surface area contributed by atoms with Crippen molar-refractivity contribution in [2.24, 2.45) is 5.73 Å². The van der Waals surface area contributed by atoms with Gasteiger partial charge >= 0.3 is 0 Å². The van der Waals surface area contributed by atoms with Crippen molar-refractivity contribution in [3.05, 3.63) is 34.9 Å². The van der Waals surface area contributed by atoms with Crippen molar-refractivity contribution >= 4 is 0 Å². The first-order valence-electron chi connectivity index (χ1n) is 7.26. The number of nitrogens with two attached hydrogens (primary N) is 1. The first kappa shape index (κ1) is 12.2. The van der Waals surface area contributed by atoms with Crippen molar-refractivity contribution in [2.45, 2.75) is 57.7 Å². The molecule has 0 spiro atoms. The van der Waals surface area contributed by atoms with Gasteiger partial charge in [0.25, 0.3) is 0 Å². The Bertz CT molecular complexity index is 437. The molecule has 0 aromatic heterocycles. The highest BCUT2D eigenvalue weighted by atomic mass is 15.2. The van der Waals surface area contributed by atoms with Crippen LogP contribution < -0.4 is 5.73 Å². The standard InChI is InChI=1S/C16H24N2/c1-11-5-3-6-14(12(11)2)16-15(17)7-4-10-18(16)13-8-9-13/h3,5-6,13,15-16H,4,7-10,17H2,1-2H3. The normalized spacial score (nSPS) is 29.5. The number of benzene rings is 1. The smallest absolute Gasteiger partial charge is 0.0504 e. The van der Waals surface area contributed by atoms with Gasteiger partial charge in [-0.2, -0.15) is 0 Å². The largest absolute Gasteiger partial charge is 0.326 e. The van der Waals surface area contributed by atoms with E-state index in [2.05, 4.69) is 36.9 Å². The fourth-order valence-electron chi connectivity index (χ4n) is 3.37. The third kappa shape index (κ3) is 2.08. The fourth-order valence-corrected chi connectivity index (χ4v) is 3.37. The van der Waals surface area contributed by atoms with Gasteiger partial charge in [0.2, 0.25) is 0 Å². The predicted octanol–water partition coefficient (Wildman–Crippen LogP) is 2.93. The first-order chi connectivity index (χ1) is 8.68. The Morgan fingerprint density at radius 1 is 1.17 bits per heavy atom. The van der Waals surface area contributed by atoms with Crippen LogP contribution in [0.4, 0.5) is 0 Å². The summed E-state index contributed by atoms with van der Waals surface area (Å²) < 4.78 is 0. The average molecular weight is 244 g/mol. The Hall–Kier alpha value is -0.860. The molecule has 2 nitrogen and oxygen atoms in total. The number of rotatable bonds is 2. The molecule has 1 aliphatic heterocycles. The number of nitrogens with zero attached hydrogens (tertiary/aromatic N) is 1. The third-order valence-electron chi connectivity index (χ3n) is 4.70. The summed E-state index contributed by atoms with van der Waals surface area (Å²) >= 11 is 0. The van der Waals surface area contributed by atoms with Crippen LogP contribution in [0.25, 0.3) is 0 Å². The Morgan fingerprint density at radius 2 is 1.94 bits per heavy atom. The Morgan fingerprint density at radius 3 is 2.67 bits per heavy atom. The fraction of sp³-hybridized carbons (Fsp3) is 0.625. The molecule has 1 heterocycles. The third-order valence-corrected chi connectivity index (χ3v) is 4.70. The molecule has 3 rings (SSSR count). The molecule has 2 aliphatic rings. The molecule has 2 heteroatoms. The second-order valence-electron chi connectivity index (χ2n) is 6.01. The lowest BCUT2D eigenvalue weighted by atomic mass is 9.87. The molecule has 1 aromatic rings. The summed E-state index contributed by atoms with van der Waals surface area (Å²) in [4.78, 5) is 2.68. The molecule has 1 aromatic carbocycles. The SMILES string of the molecule is Cc1cccc(C2C(N)CCCN2C2CC2)c1C. The highest BCUT2D eigenvalue weighted by molar-refractivity contribution is 5.36. The maximum absolute atomic E-state index is 6.44. The van der Waals surface area contributed by atoms with E-state index in [1.54, 1.807) is 0 Å². The quantitative estimate of drug-likeness (QED) is 0.866. The van der Waals surface area contributed by atoms with Gasteiger partial charge in [-0.05, 0) is 62.8 Å². The van der Waals surface area contributed by atoms with Gasteiger partial charge in [-0.1, -0.05) is 18.2 Å². The monoisotopic (exact) mass is 244 g/mol. The van der Waals surface area contributed by atoms with Crippen LogP contribution in [0.1, 0.15) is 48.4 Å². The lowest BCUT2D eigenvalue weighted by Crippen LogP contribution is -2.47. The van der Waals surface area contributed by atoms with E-state index in [0.717, 1.165) is 6.04 Å². The second kappa shape index (κ2) is 4.67. The van der Waals surface area contributed by atoms with E-state index in [1.807, 2.05) is 0 Å². The van der Waals surface area contributed by atoms with Crippen molar-refractivity contribution in [2.75, 3.05) is 6.54 Å². The molecule has 1 saturated carbocycles. The zero-order valence-electron chi connectivity index (χ0n) is 11.5. The van der Waals surface area contributed by atoms with Crippen LogP contribution in [-0.4, -0.2) is 23.5 Å². The van der Waals surface area contributed by atoms with Crippen molar-refractivity contribution in [1.29, 1.82) is 0 Å². The van der Waals surface area contributed by atoms with E-state index in [9.17, 15) is 0 Å². The maximum Gasteiger partial charge on any atom is 0.0504 e. The molecular weight excluding hydrogens is 220 g/mol. The van der Waals surface area contributed by atoms with Gasteiger partial charge < -0.3 is 5.73 Å². The van der Waals surface area contributed by atoms with Gasteiger partial charge in [0.05, 0.1) is 6.04 Å². The lowest BCUT2D eigenvalue weighted by Gasteiger charge is -2.41. The lowest BCUT2D eigenvalue weighted by molar-refractivity contribution is 0.119. The summed E-state index contributed by atoms with van der Waals surface area (Å²) in [5.74, 6) is 0. The molecule has 1 aliphatic carbocycles. The van der Waals surface area contributed by atoms with Crippen molar-refractivity contribution < 1.29 is 0 Å². The highest BCUT2D eigenvalue weighted by Gasteiger charge is 2.39. The minimum atomic E-state index is 0.305. The zero-order valence-corrected chi connectivity index (χ0v) is 11.5. The van der Waals surface area contributed by atoms with Crippen LogP contribution in [0.5, 0.6) is 0 Å². The van der Waals surface area contributed by atoms with Crippen LogP contribution in [0, 0.1) is 13.8 Å². The number of aryl methyl sites for hydroxylation is 1. The van der Waals surface area contributed by atoms with Gasteiger partial charge in [0, 0.05) is 12.1 Å². The summed E-state index contributed by atoms with van der Waals surface area (Å²) in [6.07, 6.45) is 5.17. The van der Waals surface area contributed by atoms with Gasteiger partial charge in [-0.3, -0.25) is 4.90 Å². The Kier molecular flexibility index (Phi) is 3.16. The van der Waals surface area contributed by atoms with Gasteiger partial charge in [-0.25, -0.2) is 0 Å². The van der Waals surface area contributed by atoms with Crippen LogP contribution >= 0.6 is 0 Å². The van der Waals surface area contributed by atoms with Crippen LogP contribution in [0.15, 0.2) is 18.2 Å². The van der Waals surface area contributed by atoms with Crippen LogP contribution in [0.2, 0.25) is 0 Å². The number of likely N-dealkylation sites (tertiary alicyclic amines) is 1. The molecule has 2 fully saturated rings. The summed E-state index contributed by atoms with van der Waals surface area (Å²) in [5, 5.41) is 0. The van der Waals surface area contributed by atoms with Gasteiger partial charge in [-0.15, -0.1) is 0 Å². The van der Waals surface area contributed by atoms with Crippen molar-refractivity contribution in [3.63, 3.8) is 0 Å². The molecule has 1 saturated heterocycles. The van der Waals surface area contributed by atoms with E-state index in [0.29, 0.717) is 12.1 Å². The molecule has 0 amide bonds. The molecule has 0 radical (unpaired) electrons. The molecule has 0 bridgehead atoms. The topological polar surface area (TPSA) is 29.3 Å². The molecule has 98 valence electrons. The van der Waals surface area contributed by atoms with E-state index in [1.165, 1.54) is 48.9 Å². The van der Waals surface area contributed by atoms with Crippen LogP contribution in [0.3, 0.4) is 0 Å². The first-order valence-corrected chi connectivity index (χ1v) is 7.26. The number of piperidine rings is 1. The number of hydrogen-bond acceptors (Lipinski definition) is 2. The van der Waals surface area contributed by atoms with Crippen molar-refractivity contribution in [3.8, 4) is 0 Å².